The maximum Gasteiger partial charge on any atom is 0.168 e. The van der Waals surface area contributed by atoms with Crippen molar-refractivity contribution in [3.05, 3.63) is 0 Å². The van der Waals surface area contributed by atoms with Gasteiger partial charge < -0.3 is 14.3 Å². The summed E-state index contributed by atoms with van der Waals surface area (Å²) in [6.45, 7) is 14.2. The Balaban J connectivity index is 1.79. The Kier molecular flexibility index (Phi) is 7.12. The Morgan fingerprint density at radius 1 is 1.25 bits per heavy atom. The van der Waals surface area contributed by atoms with Gasteiger partial charge in [-0.1, -0.05) is 34.6 Å². The van der Waals surface area contributed by atoms with Crippen LogP contribution >= 0.6 is 0 Å². The Hall–Kier alpha value is -0.160. The van der Waals surface area contributed by atoms with E-state index in [1.807, 2.05) is 5.06 Å². The fourth-order valence-electron chi connectivity index (χ4n) is 4.75. The molecule has 1 heterocycles. The molecule has 0 aromatic rings. The van der Waals surface area contributed by atoms with Crippen LogP contribution in [0.25, 0.3) is 0 Å². The van der Waals surface area contributed by atoms with Crippen molar-refractivity contribution < 1.29 is 14.3 Å². The molecule has 142 valence electrons. The molecular weight excluding hydrogens is 302 g/mol. The van der Waals surface area contributed by atoms with Gasteiger partial charge in [0.1, 0.15) is 0 Å². The number of ether oxygens (including phenoxy) is 2. The van der Waals surface area contributed by atoms with E-state index in [0.29, 0.717) is 5.41 Å². The van der Waals surface area contributed by atoms with Gasteiger partial charge in [-0.3, -0.25) is 0 Å². The molecule has 2 fully saturated rings. The van der Waals surface area contributed by atoms with Crippen LogP contribution in [0.15, 0.2) is 0 Å². The molecule has 2 rings (SSSR count). The highest BCUT2D eigenvalue weighted by molar-refractivity contribution is 4.90. The fraction of sp³-hybridized carbons (Fsp3) is 1.00. The molecule has 24 heavy (non-hydrogen) atoms. The molecule has 0 aromatic heterocycles. The van der Waals surface area contributed by atoms with Gasteiger partial charge >= 0.3 is 0 Å². The fourth-order valence-corrected chi connectivity index (χ4v) is 4.75. The lowest BCUT2D eigenvalue weighted by molar-refractivity contribution is -0.200. The number of rotatable bonds is 8. The minimum absolute atomic E-state index is 0.217. The molecule has 0 aromatic carbocycles. The molecule has 1 unspecified atom stereocenters. The van der Waals surface area contributed by atoms with Gasteiger partial charge in [-0.2, -0.15) is 5.06 Å². The van der Waals surface area contributed by atoms with Crippen molar-refractivity contribution in [2.24, 2.45) is 17.3 Å². The SMILES string of the molecule is CCN(CCC1COC2(CCC(C(C)(C)CC(C)C)CC2)O1)OC. The van der Waals surface area contributed by atoms with Crippen LogP contribution in [-0.2, 0) is 14.3 Å². The Morgan fingerprint density at radius 3 is 2.46 bits per heavy atom. The summed E-state index contributed by atoms with van der Waals surface area (Å²) >= 11 is 0. The van der Waals surface area contributed by atoms with Gasteiger partial charge in [0.15, 0.2) is 5.79 Å². The van der Waals surface area contributed by atoms with Gasteiger partial charge in [0.2, 0.25) is 0 Å². The van der Waals surface area contributed by atoms with Crippen LogP contribution < -0.4 is 0 Å². The first-order valence-electron chi connectivity index (χ1n) is 9.91. The lowest BCUT2D eigenvalue weighted by Crippen LogP contribution is -2.40. The van der Waals surface area contributed by atoms with Gasteiger partial charge in [0, 0.05) is 25.9 Å². The highest BCUT2D eigenvalue weighted by atomic mass is 16.7. The molecule has 1 aliphatic heterocycles. The van der Waals surface area contributed by atoms with Crippen LogP contribution in [0.1, 0.15) is 73.1 Å². The molecule has 1 spiro atoms. The highest BCUT2D eigenvalue weighted by Gasteiger charge is 2.46. The zero-order valence-corrected chi connectivity index (χ0v) is 16.8. The summed E-state index contributed by atoms with van der Waals surface area (Å²) in [5.41, 5.74) is 0.424. The minimum atomic E-state index is -0.292. The van der Waals surface area contributed by atoms with E-state index in [0.717, 1.165) is 50.8 Å². The van der Waals surface area contributed by atoms with E-state index in [1.165, 1.54) is 19.3 Å². The van der Waals surface area contributed by atoms with Crippen LogP contribution in [0.2, 0.25) is 0 Å². The normalized spacial score (nSPS) is 31.5. The first kappa shape index (κ1) is 20.2. The third-order valence-electron chi connectivity index (χ3n) is 6.01. The summed E-state index contributed by atoms with van der Waals surface area (Å²) in [7, 11) is 1.73. The Labute approximate surface area is 149 Å². The molecule has 1 saturated carbocycles. The summed E-state index contributed by atoms with van der Waals surface area (Å²) in [5.74, 6) is 1.27. The summed E-state index contributed by atoms with van der Waals surface area (Å²) in [5, 5.41) is 1.97. The van der Waals surface area contributed by atoms with Crippen molar-refractivity contribution in [3.8, 4) is 0 Å². The van der Waals surface area contributed by atoms with Crippen LogP contribution in [-0.4, -0.2) is 43.8 Å². The third-order valence-corrected chi connectivity index (χ3v) is 6.01. The van der Waals surface area contributed by atoms with Crippen molar-refractivity contribution in [1.29, 1.82) is 0 Å². The first-order valence-corrected chi connectivity index (χ1v) is 9.91. The maximum absolute atomic E-state index is 6.37. The second-order valence-corrected chi connectivity index (χ2v) is 8.82. The van der Waals surface area contributed by atoms with Crippen molar-refractivity contribution >= 4 is 0 Å². The Morgan fingerprint density at radius 2 is 1.92 bits per heavy atom. The van der Waals surface area contributed by atoms with E-state index in [1.54, 1.807) is 7.11 Å². The van der Waals surface area contributed by atoms with Crippen molar-refractivity contribution in [2.45, 2.75) is 85.0 Å². The molecular formula is C20H39NO3. The average molecular weight is 342 g/mol. The molecule has 4 nitrogen and oxygen atoms in total. The van der Waals surface area contributed by atoms with E-state index >= 15 is 0 Å². The second-order valence-electron chi connectivity index (χ2n) is 8.82. The van der Waals surface area contributed by atoms with Gasteiger partial charge in [0.25, 0.3) is 0 Å². The molecule has 1 saturated heterocycles. The van der Waals surface area contributed by atoms with Crippen LogP contribution in [0.3, 0.4) is 0 Å². The van der Waals surface area contributed by atoms with Crippen LogP contribution in [0.4, 0.5) is 0 Å². The van der Waals surface area contributed by atoms with Crippen molar-refractivity contribution in [2.75, 3.05) is 26.8 Å². The minimum Gasteiger partial charge on any atom is -0.347 e. The molecule has 0 N–H and O–H groups in total. The molecule has 0 bridgehead atoms. The first-order chi connectivity index (χ1) is 11.3. The van der Waals surface area contributed by atoms with Crippen molar-refractivity contribution in [3.63, 3.8) is 0 Å². The predicted octanol–water partition coefficient (Wildman–Crippen LogP) is 4.63. The van der Waals surface area contributed by atoms with E-state index in [-0.39, 0.29) is 11.9 Å². The summed E-state index contributed by atoms with van der Waals surface area (Å²) in [6.07, 6.45) is 7.06. The number of nitrogens with zero attached hydrogens (tertiary/aromatic N) is 1. The molecule has 1 atom stereocenters. The van der Waals surface area contributed by atoms with Gasteiger partial charge in [-0.05, 0) is 42.9 Å². The molecule has 0 radical (unpaired) electrons. The Bertz CT molecular complexity index is 371. The molecule has 4 heteroatoms. The standard InChI is InChI=1S/C20H39NO3/c1-7-21(22-6)13-10-18-15-23-20(24-18)11-8-17(9-12-20)19(4,5)14-16(2)3/h16-18H,7-15H2,1-6H3. The highest BCUT2D eigenvalue weighted by Crippen LogP contribution is 2.48. The lowest BCUT2D eigenvalue weighted by Gasteiger charge is -2.43. The second kappa shape index (κ2) is 8.48. The average Bonchev–Trinajstić information content (AvgIpc) is 2.90. The number of hydroxylamine groups is 2. The van der Waals surface area contributed by atoms with E-state index < -0.39 is 0 Å². The largest absolute Gasteiger partial charge is 0.347 e. The van der Waals surface area contributed by atoms with Crippen molar-refractivity contribution in [1.82, 2.24) is 5.06 Å². The predicted molar refractivity (Wildman–Crippen MR) is 97.6 cm³/mol. The van der Waals surface area contributed by atoms with E-state index in [9.17, 15) is 0 Å². The summed E-state index contributed by atoms with van der Waals surface area (Å²) in [6, 6.07) is 0. The van der Waals surface area contributed by atoms with Crippen LogP contribution in [0.5, 0.6) is 0 Å². The lowest BCUT2D eigenvalue weighted by atomic mass is 9.66. The number of hydrogen-bond acceptors (Lipinski definition) is 4. The molecule has 2 aliphatic rings. The monoisotopic (exact) mass is 341 g/mol. The summed E-state index contributed by atoms with van der Waals surface area (Å²) in [4.78, 5) is 5.32. The van der Waals surface area contributed by atoms with E-state index in [2.05, 4.69) is 34.6 Å². The third kappa shape index (κ3) is 5.17. The zero-order valence-electron chi connectivity index (χ0n) is 16.8. The maximum atomic E-state index is 6.37. The van der Waals surface area contributed by atoms with Gasteiger partial charge in [-0.15, -0.1) is 0 Å². The van der Waals surface area contributed by atoms with Crippen LogP contribution in [0, 0.1) is 17.3 Å². The topological polar surface area (TPSA) is 30.9 Å². The quantitative estimate of drug-likeness (QED) is 0.602. The summed E-state index contributed by atoms with van der Waals surface area (Å²) < 4.78 is 12.5. The van der Waals surface area contributed by atoms with Gasteiger partial charge in [-0.25, -0.2) is 0 Å². The van der Waals surface area contributed by atoms with Gasteiger partial charge in [0.05, 0.1) is 19.8 Å². The number of hydrogen-bond donors (Lipinski definition) is 0. The zero-order chi connectivity index (χ0) is 17.8. The smallest absolute Gasteiger partial charge is 0.168 e. The van der Waals surface area contributed by atoms with E-state index in [4.69, 9.17) is 14.3 Å². The molecule has 1 aliphatic carbocycles. The molecule has 0 amide bonds.